The van der Waals surface area contributed by atoms with E-state index in [2.05, 4.69) is 19.2 Å². The smallest absolute Gasteiger partial charge is 0.119 e. The molecule has 0 fully saturated rings. The van der Waals surface area contributed by atoms with Crippen molar-refractivity contribution < 1.29 is 14.9 Å². The van der Waals surface area contributed by atoms with E-state index in [-0.39, 0.29) is 19.3 Å². The summed E-state index contributed by atoms with van der Waals surface area (Å²) in [5.41, 5.74) is 1.10. The molecule has 4 heteroatoms. The number of aliphatic hydroxyl groups excluding tert-OH is 2. The molecule has 0 saturated heterocycles. The maximum Gasteiger partial charge on any atom is 0.119 e. The molecular formula is C15H25NO3. The summed E-state index contributed by atoms with van der Waals surface area (Å²) >= 11 is 0. The van der Waals surface area contributed by atoms with Crippen LogP contribution in [0.15, 0.2) is 24.3 Å². The van der Waals surface area contributed by atoms with Crippen molar-refractivity contribution in [2.75, 3.05) is 19.8 Å². The van der Waals surface area contributed by atoms with E-state index in [1.54, 1.807) is 0 Å². The Morgan fingerprint density at radius 1 is 1.16 bits per heavy atom. The lowest BCUT2D eigenvalue weighted by Gasteiger charge is -2.19. The van der Waals surface area contributed by atoms with Crippen molar-refractivity contribution in [3.05, 3.63) is 29.8 Å². The van der Waals surface area contributed by atoms with Crippen LogP contribution >= 0.6 is 0 Å². The summed E-state index contributed by atoms with van der Waals surface area (Å²) < 4.78 is 5.64. The summed E-state index contributed by atoms with van der Waals surface area (Å²) in [5, 5.41) is 21.3. The van der Waals surface area contributed by atoms with Crippen molar-refractivity contribution in [2.24, 2.45) is 0 Å². The average Bonchev–Trinajstić information content (AvgIpc) is 2.39. The van der Waals surface area contributed by atoms with Gasteiger partial charge in [0.2, 0.25) is 0 Å². The minimum Gasteiger partial charge on any atom is -0.494 e. The highest BCUT2D eigenvalue weighted by atomic mass is 16.5. The van der Waals surface area contributed by atoms with Gasteiger partial charge < -0.3 is 20.3 Å². The van der Waals surface area contributed by atoms with Gasteiger partial charge in [0.15, 0.2) is 0 Å². The van der Waals surface area contributed by atoms with E-state index in [4.69, 9.17) is 9.84 Å². The Morgan fingerprint density at radius 2 is 1.84 bits per heavy atom. The molecule has 1 rings (SSSR count). The molecule has 0 saturated carbocycles. The van der Waals surface area contributed by atoms with Crippen LogP contribution in [0.1, 0.15) is 25.8 Å². The third-order valence-corrected chi connectivity index (χ3v) is 2.85. The molecule has 1 aromatic rings. The van der Waals surface area contributed by atoms with Crippen LogP contribution in [0.4, 0.5) is 0 Å². The Morgan fingerprint density at radius 3 is 2.37 bits per heavy atom. The van der Waals surface area contributed by atoms with Crippen LogP contribution in [0.5, 0.6) is 5.75 Å². The molecule has 1 aromatic carbocycles. The lowest BCUT2D eigenvalue weighted by molar-refractivity contribution is 0.202. The maximum absolute atomic E-state index is 9.23. The summed E-state index contributed by atoms with van der Waals surface area (Å²) in [4.78, 5) is 0. The minimum absolute atomic E-state index is 0.0775. The fourth-order valence-corrected chi connectivity index (χ4v) is 1.90. The first-order chi connectivity index (χ1) is 9.15. The van der Waals surface area contributed by atoms with Gasteiger partial charge in [-0.15, -0.1) is 0 Å². The van der Waals surface area contributed by atoms with E-state index >= 15 is 0 Å². The van der Waals surface area contributed by atoms with E-state index in [0.29, 0.717) is 19.1 Å². The standard InChI is InChI=1S/C15H25NO3/c1-12(2)16-14(11-18)8-10-19-15-5-3-13(4-6-15)7-9-17/h3-6,12,14,16-18H,7-11H2,1-2H3. The first-order valence-electron chi connectivity index (χ1n) is 6.85. The molecule has 0 aromatic heterocycles. The van der Waals surface area contributed by atoms with E-state index in [9.17, 15) is 5.11 Å². The molecule has 0 spiro atoms. The monoisotopic (exact) mass is 267 g/mol. The summed E-state index contributed by atoms with van der Waals surface area (Å²) in [6.45, 7) is 4.98. The van der Waals surface area contributed by atoms with Crippen LogP contribution in [0.2, 0.25) is 0 Å². The fourth-order valence-electron chi connectivity index (χ4n) is 1.90. The Balaban J connectivity index is 2.31. The van der Waals surface area contributed by atoms with Gasteiger partial charge in [0.1, 0.15) is 5.75 Å². The van der Waals surface area contributed by atoms with Crippen LogP contribution in [0.25, 0.3) is 0 Å². The molecule has 108 valence electrons. The maximum atomic E-state index is 9.23. The third-order valence-electron chi connectivity index (χ3n) is 2.85. The predicted molar refractivity (Wildman–Crippen MR) is 76.5 cm³/mol. The van der Waals surface area contributed by atoms with Crippen molar-refractivity contribution in [2.45, 2.75) is 38.8 Å². The first kappa shape index (κ1) is 16.0. The molecular weight excluding hydrogens is 242 g/mol. The highest BCUT2D eigenvalue weighted by molar-refractivity contribution is 5.27. The summed E-state index contributed by atoms with van der Waals surface area (Å²) in [6, 6.07) is 8.18. The van der Waals surface area contributed by atoms with Crippen molar-refractivity contribution in [1.29, 1.82) is 0 Å². The lowest BCUT2D eigenvalue weighted by atomic mass is 10.1. The van der Waals surface area contributed by atoms with Crippen molar-refractivity contribution in [3.8, 4) is 5.75 Å². The van der Waals surface area contributed by atoms with Crippen LogP contribution in [0.3, 0.4) is 0 Å². The lowest BCUT2D eigenvalue weighted by Crippen LogP contribution is -2.38. The summed E-state index contributed by atoms with van der Waals surface area (Å²) in [6.07, 6.45) is 1.44. The number of benzene rings is 1. The zero-order valence-corrected chi connectivity index (χ0v) is 11.8. The second kappa shape index (κ2) is 8.91. The minimum atomic E-state index is 0.0775. The van der Waals surface area contributed by atoms with Crippen molar-refractivity contribution in [1.82, 2.24) is 5.32 Å². The Kier molecular flexibility index (Phi) is 7.48. The van der Waals surface area contributed by atoms with Gasteiger partial charge in [-0.1, -0.05) is 26.0 Å². The summed E-state index contributed by atoms with van der Waals surface area (Å²) in [5.74, 6) is 0.822. The van der Waals surface area contributed by atoms with E-state index < -0.39 is 0 Å². The van der Waals surface area contributed by atoms with Gasteiger partial charge in [-0.05, 0) is 30.5 Å². The van der Waals surface area contributed by atoms with Gasteiger partial charge in [-0.25, -0.2) is 0 Å². The topological polar surface area (TPSA) is 61.7 Å². The van der Waals surface area contributed by atoms with Crippen molar-refractivity contribution >= 4 is 0 Å². The van der Waals surface area contributed by atoms with E-state index in [1.165, 1.54) is 0 Å². The van der Waals surface area contributed by atoms with Crippen LogP contribution in [-0.4, -0.2) is 42.1 Å². The average molecular weight is 267 g/mol. The summed E-state index contributed by atoms with van der Waals surface area (Å²) in [7, 11) is 0. The largest absolute Gasteiger partial charge is 0.494 e. The predicted octanol–water partition coefficient (Wildman–Crippen LogP) is 1.35. The van der Waals surface area contributed by atoms with Gasteiger partial charge in [0, 0.05) is 18.7 Å². The zero-order chi connectivity index (χ0) is 14.1. The number of ether oxygens (including phenoxy) is 1. The first-order valence-corrected chi connectivity index (χ1v) is 6.85. The quantitative estimate of drug-likeness (QED) is 0.632. The van der Waals surface area contributed by atoms with Crippen molar-refractivity contribution in [3.63, 3.8) is 0 Å². The highest BCUT2D eigenvalue weighted by Gasteiger charge is 2.08. The second-order valence-electron chi connectivity index (χ2n) is 4.96. The SMILES string of the molecule is CC(C)NC(CO)CCOc1ccc(CCO)cc1. The van der Waals surface area contributed by atoms with Crippen LogP contribution < -0.4 is 10.1 Å². The molecule has 0 aliphatic carbocycles. The molecule has 19 heavy (non-hydrogen) atoms. The number of nitrogens with one attached hydrogen (secondary N) is 1. The molecule has 3 N–H and O–H groups in total. The molecule has 0 radical (unpaired) electrons. The van der Waals surface area contributed by atoms with Crippen LogP contribution in [-0.2, 0) is 6.42 Å². The second-order valence-corrected chi connectivity index (χ2v) is 4.96. The van der Waals surface area contributed by atoms with Gasteiger partial charge >= 0.3 is 0 Å². The van der Waals surface area contributed by atoms with Gasteiger partial charge in [0.05, 0.1) is 13.2 Å². The molecule has 1 unspecified atom stereocenters. The Hall–Kier alpha value is -1.10. The Bertz CT molecular complexity index is 338. The molecule has 0 aliphatic heterocycles. The highest BCUT2D eigenvalue weighted by Crippen LogP contribution is 2.13. The number of hydrogen-bond acceptors (Lipinski definition) is 4. The third kappa shape index (κ3) is 6.57. The van der Waals surface area contributed by atoms with Crippen LogP contribution in [0, 0.1) is 0 Å². The molecule has 0 heterocycles. The number of aliphatic hydroxyl groups is 2. The molecule has 0 aliphatic rings. The normalized spacial score (nSPS) is 12.7. The molecule has 1 atom stereocenters. The zero-order valence-electron chi connectivity index (χ0n) is 11.8. The van der Waals surface area contributed by atoms with E-state index in [1.807, 2.05) is 24.3 Å². The fraction of sp³-hybridized carbons (Fsp3) is 0.600. The molecule has 0 bridgehead atoms. The van der Waals surface area contributed by atoms with Gasteiger partial charge in [0.25, 0.3) is 0 Å². The molecule has 4 nitrogen and oxygen atoms in total. The number of rotatable bonds is 9. The van der Waals surface area contributed by atoms with Gasteiger partial charge in [-0.2, -0.15) is 0 Å². The Labute approximate surface area is 115 Å². The van der Waals surface area contributed by atoms with E-state index in [0.717, 1.165) is 17.7 Å². The number of hydrogen-bond donors (Lipinski definition) is 3. The molecule has 0 amide bonds. The van der Waals surface area contributed by atoms with Gasteiger partial charge in [-0.3, -0.25) is 0 Å².